The zero-order chi connectivity index (χ0) is 10.3. The van der Waals surface area contributed by atoms with Crippen molar-refractivity contribution in [2.24, 2.45) is 0 Å². The summed E-state index contributed by atoms with van der Waals surface area (Å²) in [4.78, 5) is 4.49. The minimum absolute atomic E-state index is 0.365. The molecule has 0 amide bonds. The van der Waals surface area contributed by atoms with E-state index in [0.717, 1.165) is 35.6 Å². The van der Waals surface area contributed by atoms with Gasteiger partial charge in [-0.2, -0.15) is 5.10 Å². The molecule has 3 rings (SSSR count). The van der Waals surface area contributed by atoms with E-state index in [9.17, 15) is 0 Å². The number of halogens is 1. The Kier molecular flexibility index (Phi) is 2.21. The van der Waals surface area contributed by atoms with Crippen LogP contribution >= 0.6 is 15.9 Å². The van der Waals surface area contributed by atoms with Crippen LogP contribution in [0.3, 0.4) is 0 Å². The summed E-state index contributed by atoms with van der Waals surface area (Å²) >= 11 is 3.41. The van der Waals surface area contributed by atoms with Crippen LogP contribution in [0.25, 0.3) is 5.65 Å². The molecule has 0 N–H and O–H groups in total. The van der Waals surface area contributed by atoms with Crippen LogP contribution < -0.4 is 0 Å². The number of hydrogen-bond acceptors (Lipinski definition) is 3. The van der Waals surface area contributed by atoms with Crippen LogP contribution in [0, 0.1) is 0 Å². The van der Waals surface area contributed by atoms with E-state index in [4.69, 9.17) is 4.74 Å². The van der Waals surface area contributed by atoms with Gasteiger partial charge < -0.3 is 4.74 Å². The molecule has 1 aliphatic rings. The molecule has 5 heteroatoms. The van der Waals surface area contributed by atoms with Crippen LogP contribution in [0.4, 0.5) is 0 Å². The van der Waals surface area contributed by atoms with Crippen molar-refractivity contribution in [3.05, 3.63) is 28.6 Å². The van der Waals surface area contributed by atoms with Gasteiger partial charge in [-0.1, -0.05) is 0 Å². The lowest BCUT2D eigenvalue weighted by Crippen LogP contribution is -2.00. The van der Waals surface area contributed by atoms with Crippen molar-refractivity contribution in [1.29, 1.82) is 0 Å². The Labute approximate surface area is 95.4 Å². The first-order valence-corrected chi connectivity index (χ1v) is 5.72. The Morgan fingerprint density at radius 1 is 1.47 bits per heavy atom. The van der Waals surface area contributed by atoms with Crippen LogP contribution in [0.2, 0.25) is 0 Å². The van der Waals surface area contributed by atoms with Crippen molar-refractivity contribution in [3.63, 3.8) is 0 Å². The largest absolute Gasteiger partial charge is 0.381 e. The highest BCUT2D eigenvalue weighted by atomic mass is 79.9. The maximum atomic E-state index is 5.33. The number of ether oxygens (including phenoxy) is 1. The van der Waals surface area contributed by atoms with Gasteiger partial charge >= 0.3 is 0 Å². The molecular formula is C10H10BrN3O. The molecule has 0 aliphatic carbocycles. The maximum absolute atomic E-state index is 5.33. The first-order chi connectivity index (χ1) is 7.33. The van der Waals surface area contributed by atoms with E-state index in [0.29, 0.717) is 5.92 Å². The standard InChI is InChI=1S/C10H10BrN3O/c11-8-1-2-9-12-10(13-14(9)5-8)7-3-4-15-6-7/h1-2,5,7H,3-4,6H2. The summed E-state index contributed by atoms with van der Waals surface area (Å²) in [6.45, 7) is 1.57. The minimum atomic E-state index is 0.365. The molecule has 15 heavy (non-hydrogen) atoms. The second-order valence-corrected chi connectivity index (χ2v) is 4.60. The monoisotopic (exact) mass is 267 g/mol. The number of pyridine rings is 1. The van der Waals surface area contributed by atoms with Crippen molar-refractivity contribution in [1.82, 2.24) is 14.6 Å². The number of fused-ring (bicyclic) bond motifs is 1. The summed E-state index contributed by atoms with van der Waals surface area (Å²) in [7, 11) is 0. The molecule has 0 saturated carbocycles. The molecule has 0 aromatic carbocycles. The lowest BCUT2D eigenvalue weighted by Gasteiger charge is -1.98. The van der Waals surface area contributed by atoms with Crippen molar-refractivity contribution < 1.29 is 4.74 Å². The van der Waals surface area contributed by atoms with E-state index in [-0.39, 0.29) is 0 Å². The molecule has 1 atom stereocenters. The highest BCUT2D eigenvalue weighted by Crippen LogP contribution is 2.23. The predicted molar refractivity (Wildman–Crippen MR) is 58.9 cm³/mol. The van der Waals surface area contributed by atoms with Crippen LogP contribution in [0.5, 0.6) is 0 Å². The van der Waals surface area contributed by atoms with Gasteiger partial charge in [-0.3, -0.25) is 0 Å². The Morgan fingerprint density at radius 3 is 3.20 bits per heavy atom. The summed E-state index contributed by atoms with van der Waals surface area (Å²) in [5, 5.41) is 4.45. The first kappa shape index (κ1) is 9.30. The van der Waals surface area contributed by atoms with Gasteiger partial charge in [0.05, 0.1) is 6.61 Å². The second-order valence-electron chi connectivity index (χ2n) is 3.68. The van der Waals surface area contributed by atoms with Crippen molar-refractivity contribution in [3.8, 4) is 0 Å². The fourth-order valence-electron chi connectivity index (χ4n) is 1.79. The average Bonchev–Trinajstić information content (AvgIpc) is 2.84. The summed E-state index contributed by atoms with van der Waals surface area (Å²) in [6, 6.07) is 3.93. The molecule has 0 bridgehead atoms. The third-order valence-electron chi connectivity index (χ3n) is 2.61. The smallest absolute Gasteiger partial charge is 0.157 e. The summed E-state index contributed by atoms with van der Waals surface area (Å²) < 4.78 is 8.14. The van der Waals surface area contributed by atoms with Gasteiger partial charge in [0.25, 0.3) is 0 Å². The predicted octanol–water partition coefficient (Wildman–Crippen LogP) is 2.00. The van der Waals surface area contributed by atoms with E-state index < -0.39 is 0 Å². The normalized spacial score (nSPS) is 21.3. The van der Waals surface area contributed by atoms with Gasteiger partial charge in [0.1, 0.15) is 0 Å². The summed E-state index contributed by atoms with van der Waals surface area (Å²) in [5.41, 5.74) is 0.889. The Morgan fingerprint density at radius 2 is 2.40 bits per heavy atom. The average molecular weight is 268 g/mol. The molecule has 2 aromatic rings. The van der Waals surface area contributed by atoms with Crippen molar-refractivity contribution in [2.75, 3.05) is 13.2 Å². The van der Waals surface area contributed by atoms with Gasteiger partial charge in [-0.05, 0) is 34.5 Å². The third kappa shape index (κ3) is 1.66. The second kappa shape index (κ2) is 3.57. The van der Waals surface area contributed by atoms with E-state index in [2.05, 4.69) is 26.0 Å². The molecule has 2 aromatic heterocycles. The van der Waals surface area contributed by atoms with Crippen LogP contribution in [-0.4, -0.2) is 27.8 Å². The Bertz CT molecular complexity index is 490. The number of hydrogen-bond donors (Lipinski definition) is 0. The molecule has 3 heterocycles. The van der Waals surface area contributed by atoms with Crippen molar-refractivity contribution in [2.45, 2.75) is 12.3 Å². The fraction of sp³-hybridized carbons (Fsp3) is 0.400. The molecular weight excluding hydrogens is 258 g/mol. The van der Waals surface area contributed by atoms with Crippen LogP contribution in [0.15, 0.2) is 22.8 Å². The third-order valence-corrected chi connectivity index (χ3v) is 3.08. The molecule has 1 saturated heterocycles. The minimum Gasteiger partial charge on any atom is -0.381 e. The van der Waals surface area contributed by atoms with Crippen LogP contribution in [0.1, 0.15) is 18.2 Å². The summed E-state index contributed by atoms with van der Waals surface area (Å²) in [5.74, 6) is 1.26. The van der Waals surface area contributed by atoms with Gasteiger partial charge in [-0.25, -0.2) is 9.50 Å². The molecule has 0 spiro atoms. The van der Waals surface area contributed by atoms with Gasteiger partial charge in [0.2, 0.25) is 0 Å². The first-order valence-electron chi connectivity index (χ1n) is 4.92. The van der Waals surface area contributed by atoms with Crippen LogP contribution in [-0.2, 0) is 4.74 Å². The van der Waals surface area contributed by atoms with Gasteiger partial charge in [0.15, 0.2) is 11.5 Å². The van der Waals surface area contributed by atoms with E-state index in [1.165, 1.54) is 0 Å². The summed E-state index contributed by atoms with van der Waals surface area (Å²) in [6.07, 6.45) is 2.94. The Balaban J connectivity index is 2.05. The zero-order valence-corrected chi connectivity index (χ0v) is 9.64. The Hall–Kier alpha value is -0.940. The molecule has 78 valence electrons. The quantitative estimate of drug-likeness (QED) is 0.794. The van der Waals surface area contributed by atoms with E-state index in [1.807, 2.05) is 18.3 Å². The zero-order valence-electron chi connectivity index (χ0n) is 8.06. The SMILES string of the molecule is Brc1ccc2nc(C3CCOC3)nn2c1. The van der Waals surface area contributed by atoms with Crippen molar-refractivity contribution >= 4 is 21.6 Å². The maximum Gasteiger partial charge on any atom is 0.157 e. The molecule has 0 radical (unpaired) electrons. The van der Waals surface area contributed by atoms with E-state index in [1.54, 1.807) is 4.52 Å². The van der Waals surface area contributed by atoms with Gasteiger partial charge in [-0.15, -0.1) is 0 Å². The number of rotatable bonds is 1. The van der Waals surface area contributed by atoms with Gasteiger partial charge in [0, 0.05) is 23.2 Å². The molecule has 1 fully saturated rings. The highest BCUT2D eigenvalue weighted by Gasteiger charge is 2.21. The number of nitrogens with zero attached hydrogens (tertiary/aromatic N) is 3. The lowest BCUT2D eigenvalue weighted by molar-refractivity contribution is 0.193. The molecule has 1 unspecified atom stereocenters. The van der Waals surface area contributed by atoms with E-state index >= 15 is 0 Å². The fourth-order valence-corrected chi connectivity index (χ4v) is 2.11. The lowest BCUT2D eigenvalue weighted by atomic mass is 10.1. The molecule has 4 nitrogen and oxygen atoms in total. The molecule has 1 aliphatic heterocycles. The topological polar surface area (TPSA) is 39.4 Å². The highest BCUT2D eigenvalue weighted by molar-refractivity contribution is 9.10. The number of aromatic nitrogens is 3.